The molecule has 4 nitrogen and oxygen atoms in total. The van der Waals surface area contributed by atoms with Crippen LogP contribution in [0.1, 0.15) is 10.8 Å². The Morgan fingerprint density at radius 3 is 2.50 bits per heavy atom. The number of primary amides is 1. The van der Waals surface area contributed by atoms with Crippen molar-refractivity contribution >= 4 is 52.8 Å². The molecule has 2 aromatic carbocycles. The summed E-state index contributed by atoms with van der Waals surface area (Å²) in [4.78, 5) is 11.8. The Hall–Kier alpha value is -1.67. The number of halogens is 1. The van der Waals surface area contributed by atoms with Gasteiger partial charge in [0.05, 0.1) is 5.69 Å². The van der Waals surface area contributed by atoms with Crippen LogP contribution in [-0.2, 0) is 4.79 Å². The second-order valence-corrected chi connectivity index (χ2v) is 8.24. The molecule has 0 saturated carbocycles. The highest BCUT2D eigenvalue weighted by atomic mass is 35.5. The third-order valence-corrected chi connectivity index (χ3v) is 6.02. The second kappa shape index (κ2) is 7.48. The van der Waals surface area contributed by atoms with E-state index in [1.165, 1.54) is 23.1 Å². The summed E-state index contributed by atoms with van der Waals surface area (Å²) in [5.41, 5.74) is 7.22. The fourth-order valence-corrected chi connectivity index (χ4v) is 4.70. The minimum Gasteiger partial charge on any atom is -0.368 e. The Bertz CT molecular complexity index is 906. The van der Waals surface area contributed by atoms with Crippen molar-refractivity contribution in [1.29, 1.82) is 0 Å². The van der Waals surface area contributed by atoms with Gasteiger partial charge in [0.2, 0.25) is 5.91 Å². The Labute approximate surface area is 157 Å². The van der Waals surface area contributed by atoms with Gasteiger partial charge in [-0.25, -0.2) is 4.68 Å². The number of hydrogen-bond donors (Lipinski definition) is 1. The molecule has 24 heavy (non-hydrogen) atoms. The number of nitrogens with two attached hydrogens (primary N) is 1. The Morgan fingerprint density at radius 1 is 1.21 bits per heavy atom. The molecule has 0 aliphatic heterocycles. The van der Waals surface area contributed by atoms with E-state index in [4.69, 9.17) is 29.6 Å². The van der Waals surface area contributed by atoms with Crippen LogP contribution in [0.25, 0.3) is 5.69 Å². The number of carbonyl (C=O) groups is 1. The van der Waals surface area contributed by atoms with E-state index in [1.54, 1.807) is 16.8 Å². The summed E-state index contributed by atoms with van der Waals surface area (Å²) in [5.74, 6) is -0.412. The zero-order valence-electron chi connectivity index (χ0n) is 12.3. The van der Waals surface area contributed by atoms with Crippen molar-refractivity contribution in [3.8, 4) is 5.69 Å². The third-order valence-electron chi connectivity index (χ3n) is 3.18. The maximum Gasteiger partial charge on any atom is 0.235 e. The second-order valence-electron chi connectivity index (χ2n) is 4.83. The highest BCUT2D eigenvalue weighted by Crippen LogP contribution is 2.36. The van der Waals surface area contributed by atoms with Crippen molar-refractivity contribution in [2.45, 2.75) is 9.59 Å². The molecule has 2 N–H and O–H groups in total. The van der Waals surface area contributed by atoms with Gasteiger partial charge in [-0.05, 0) is 42.0 Å². The first-order valence-corrected chi connectivity index (χ1v) is 9.40. The SMILES string of the molecule is NC(=O)[C@@H](Sc1nn(-c2ccc(Cl)cc2)c(=S)s1)c1ccccc1. The summed E-state index contributed by atoms with van der Waals surface area (Å²) >= 11 is 13.9. The van der Waals surface area contributed by atoms with E-state index in [0.29, 0.717) is 13.3 Å². The normalized spacial score (nSPS) is 12.0. The summed E-state index contributed by atoms with van der Waals surface area (Å²) in [6.07, 6.45) is 0. The fraction of sp³-hybridized carbons (Fsp3) is 0.0625. The van der Waals surface area contributed by atoms with Gasteiger partial charge >= 0.3 is 0 Å². The molecule has 1 heterocycles. The molecule has 0 radical (unpaired) electrons. The molecule has 0 aliphatic carbocycles. The van der Waals surface area contributed by atoms with Crippen molar-refractivity contribution in [2.24, 2.45) is 5.73 Å². The summed E-state index contributed by atoms with van der Waals surface area (Å²) in [6.45, 7) is 0. The lowest BCUT2D eigenvalue weighted by atomic mass is 10.1. The number of nitrogens with zero attached hydrogens (tertiary/aromatic N) is 2. The zero-order chi connectivity index (χ0) is 17.1. The van der Waals surface area contributed by atoms with E-state index in [2.05, 4.69) is 5.10 Å². The molecule has 0 bridgehead atoms. The van der Waals surface area contributed by atoms with Gasteiger partial charge in [-0.2, -0.15) is 0 Å². The molecule has 8 heteroatoms. The van der Waals surface area contributed by atoms with Crippen LogP contribution in [0.3, 0.4) is 0 Å². The highest BCUT2D eigenvalue weighted by molar-refractivity contribution is 8.02. The quantitative estimate of drug-likeness (QED) is 0.507. The van der Waals surface area contributed by atoms with Crippen LogP contribution in [0.2, 0.25) is 5.02 Å². The van der Waals surface area contributed by atoms with Gasteiger partial charge in [0, 0.05) is 5.02 Å². The van der Waals surface area contributed by atoms with E-state index in [-0.39, 0.29) is 0 Å². The molecule has 1 aromatic heterocycles. The Balaban J connectivity index is 1.90. The number of rotatable bonds is 5. The minimum absolute atomic E-state index is 0.412. The number of thioether (sulfide) groups is 1. The van der Waals surface area contributed by atoms with Crippen LogP contribution < -0.4 is 5.73 Å². The number of aromatic nitrogens is 2. The molecule has 3 rings (SSSR count). The highest BCUT2D eigenvalue weighted by Gasteiger charge is 2.21. The Kier molecular flexibility index (Phi) is 5.35. The van der Waals surface area contributed by atoms with Crippen molar-refractivity contribution in [3.63, 3.8) is 0 Å². The fourth-order valence-electron chi connectivity index (χ4n) is 2.07. The molecule has 0 aliphatic rings. The maximum atomic E-state index is 11.8. The van der Waals surface area contributed by atoms with Gasteiger partial charge in [0.15, 0.2) is 8.29 Å². The van der Waals surface area contributed by atoms with Crippen molar-refractivity contribution < 1.29 is 4.79 Å². The lowest BCUT2D eigenvalue weighted by Gasteiger charge is -2.11. The van der Waals surface area contributed by atoms with E-state index in [1.807, 2.05) is 42.5 Å². The molecular formula is C16H12ClN3OS3. The van der Waals surface area contributed by atoms with Crippen LogP contribution in [0.5, 0.6) is 0 Å². The molecule has 3 aromatic rings. The molecule has 0 spiro atoms. The summed E-state index contributed by atoms with van der Waals surface area (Å²) in [7, 11) is 0. The molecule has 122 valence electrons. The third kappa shape index (κ3) is 3.87. The van der Waals surface area contributed by atoms with Gasteiger partial charge in [0.25, 0.3) is 0 Å². The number of amides is 1. The summed E-state index contributed by atoms with van der Waals surface area (Å²) in [6, 6.07) is 16.6. The van der Waals surface area contributed by atoms with Crippen LogP contribution >= 0.6 is 46.9 Å². The predicted octanol–water partition coefficient (Wildman–Crippen LogP) is 4.64. The average Bonchev–Trinajstić information content (AvgIpc) is 2.94. The van der Waals surface area contributed by atoms with E-state index in [9.17, 15) is 4.79 Å². The average molecular weight is 394 g/mol. The smallest absolute Gasteiger partial charge is 0.235 e. The minimum atomic E-state index is -0.509. The van der Waals surface area contributed by atoms with Crippen LogP contribution in [0.15, 0.2) is 58.9 Å². The molecule has 0 unspecified atom stereocenters. The number of benzene rings is 2. The number of hydrogen-bond acceptors (Lipinski definition) is 5. The lowest BCUT2D eigenvalue weighted by Crippen LogP contribution is -2.18. The maximum absolute atomic E-state index is 11.8. The first kappa shape index (κ1) is 17.2. The Morgan fingerprint density at radius 2 is 1.88 bits per heavy atom. The zero-order valence-corrected chi connectivity index (χ0v) is 15.5. The van der Waals surface area contributed by atoms with Crippen LogP contribution in [0, 0.1) is 3.95 Å². The molecule has 1 atom stereocenters. The largest absolute Gasteiger partial charge is 0.368 e. The monoisotopic (exact) mass is 393 g/mol. The van der Waals surface area contributed by atoms with Gasteiger partial charge < -0.3 is 5.73 Å². The van der Waals surface area contributed by atoms with E-state index < -0.39 is 11.2 Å². The van der Waals surface area contributed by atoms with Crippen molar-refractivity contribution in [2.75, 3.05) is 0 Å². The van der Waals surface area contributed by atoms with Gasteiger partial charge in [-0.3, -0.25) is 4.79 Å². The predicted molar refractivity (Wildman–Crippen MR) is 102 cm³/mol. The van der Waals surface area contributed by atoms with Gasteiger partial charge in [0.1, 0.15) is 5.25 Å². The van der Waals surface area contributed by atoms with Crippen molar-refractivity contribution in [3.05, 3.63) is 69.1 Å². The first-order chi connectivity index (χ1) is 11.5. The van der Waals surface area contributed by atoms with Crippen LogP contribution in [0.4, 0.5) is 0 Å². The van der Waals surface area contributed by atoms with E-state index >= 15 is 0 Å². The van der Waals surface area contributed by atoms with E-state index in [0.717, 1.165) is 11.3 Å². The standard InChI is InChI=1S/C16H12ClN3OS3/c17-11-6-8-12(9-7-11)20-16(22)24-15(19-20)23-13(14(18)21)10-4-2-1-3-5-10/h1-9,13H,(H2,18,21)/t13-/m0/s1. The van der Waals surface area contributed by atoms with Gasteiger partial charge in [-0.15, -0.1) is 5.10 Å². The summed E-state index contributed by atoms with van der Waals surface area (Å²) < 4.78 is 2.93. The summed E-state index contributed by atoms with van der Waals surface area (Å²) in [5, 5.41) is 4.64. The van der Waals surface area contributed by atoms with Gasteiger partial charge in [-0.1, -0.05) is 65.0 Å². The molecule has 0 saturated heterocycles. The van der Waals surface area contributed by atoms with Crippen molar-refractivity contribution in [1.82, 2.24) is 9.78 Å². The molecule has 0 fully saturated rings. The van der Waals surface area contributed by atoms with Crippen LogP contribution in [-0.4, -0.2) is 15.7 Å². The lowest BCUT2D eigenvalue weighted by molar-refractivity contribution is -0.117. The number of carbonyl (C=O) groups excluding carboxylic acids is 1. The molecule has 1 amide bonds. The topological polar surface area (TPSA) is 60.9 Å². The molecular weight excluding hydrogens is 382 g/mol. The first-order valence-electron chi connectivity index (χ1n) is 6.91.